The van der Waals surface area contributed by atoms with Gasteiger partial charge >= 0.3 is 0 Å². The molecule has 0 aliphatic rings. The molecule has 0 saturated heterocycles. The highest BCUT2D eigenvalue weighted by Gasteiger charge is 2.07. The lowest BCUT2D eigenvalue weighted by molar-refractivity contribution is 0.637. The van der Waals surface area contributed by atoms with E-state index in [2.05, 4.69) is 21.4 Å². The Balaban J connectivity index is 2.44. The quantitative estimate of drug-likeness (QED) is 0.564. The van der Waals surface area contributed by atoms with Gasteiger partial charge in [-0.25, -0.2) is 4.98 Å². The van der Waals surface area contributed by atoms with Crippen LogP contribution in [0.3, 0.4) is 0 Å². The van der Waals surface area contributed by atoms with E-state index in [-0.39, 0.29) is 11.6 Å². The molecule has 6 heteroatoms. The van der Waals surface area contributed by atoms with Gasteiger partial charge in [0.1, 0.15) is 6.04 Å². The van der Waals surface area contributed by atoms with E-state index in [0.29, 0.717) is 10.9 Å². The molecule has 1 unspecified atom stereocenters. The van der Waals surface area contributed by atoms with Crippen molar-refractivity contribution in [1.29, 1.82) is 5.26 Å². The molecule has 0 radical (unpaired) electrons. The minimum absolute atomic E-state index is 0.174. The zero-order chi connectivity index (χ0) is 11.8. The molecule has 1 rings (SSSR count). The molecule has 0 amide bonds. The standard InChI is InChI=1S/C10H14N4OS/c1-2-4-12-8(6-11)7-16-10-13-5-3-9(15)14-10/h3,5,8,12H,2,4,7H2,1H3,(H,13,14,15). The first-order valence-corrected chi connectivity index (χ1v) is 6.06. The van der Waals surface area contributed by atoms with Gasteiger partial charge in [-0.3, -0.25) is 4.79 Å². The summed E-state index contributed by atoms with van der Waals surface area (Å²) in [5, 5.41) is 12.5. The fraction of sp³-hybridized carbons (Fsp3) is 0.500. The molecule has 0 fully saturated rings. The van der Waals surface area contributed by atoms with Crippen LogP contribution in [0.1, 0.15) is 13.3 Å². The first-order valence-electron chi connectivity index (χ1n) is 5.07. The summed E-state index contributed by atoms with van der Waals surface area (Å²) < 4.78 is 0. The van der Waals surface area contributed by atoms with Gasteiger partial charge in [-0.2, -0.15) is 5.26 Å². The van der Waals surface area contributed by atoms with E-state index in [1.165, 1.54) is 24.0 Å². The molecule has 16 heavy (non-hydrogen) atoms. The van der Waals surface area contributed by atoms with E-state index >= 15 is 0 Å². The third kappa shape index (κ3) is 4.47. The minimum Gasteiger partial charge on any atom is -0.301 e. The van der Waals surface area contributed by atoms with Crippen molar-refractivity contribution in [3.05, 3.63) is 22.6 Å². The Morgan fingerprint density at radius 1 is 1.75 bits per heavy atom. The monoisotopic (exact) mass is 238 g/mol. The molecule has 86 valence electrons. The smallest absolute Gasteiger partial charge is 0.251 e. The summed E-state index contributed by atoms with van der Waals surface area (Å²) >= 11 is 1.37. The Kier molecular flexibility index (Phi) is 5.61. The van der Waals surface area contributed by atoms with Gasteiger partial charge in [-0.15, -0.1) is 0 Å². The van der Waals surface area contributed by atoms with Crippen molar-refractivity contribution in [3.63, 3.8) is 0 Å². The van der Waals surface area contributed by atoms with Gasteiger partial charge < -0.3 is 10.3 Å². The molecule has 0 aliphatic heterocycles. The van der Waals surface area contributed by atoms with E-state index in [4.69, 9.17) is 5.26 Å². The van der Waals surface area contributed by atoms with Gasteiger partial charge in [0, 0.05) is 18.0 Å². The summed E-state index contributed by atoms with van der Waals surface area (Å²) in [5.41, 5.74) is -0.174. The van der Waals surface area contributed by atoms with Crippen molar-refractivity contribution in [1.82, 2.24) is 15.3 Å². The van der Waals surface area contributed by atoms with Crippen LogP contribution in [0, 0.1) is 11.3 Å². The third-order valence-electron chi connectivity index (χ3n) is 1.83. The van der Waals surface area contributed by atoms with Crippen LogP contribution in [0.5, 0.6) is 0 Å². The fourth-order valence-corrected chi connectivity index (χ4v) is 1.87. The molecule has 0 spiro atoms. The maximum Gasteiger partial charge on any atom is 0.251 e. The van der Waals surface area contributed by atoms with Crippen LogP contribution >= 0.6 is 11.8 Å². The highest BCUT2D eigenvalue weighted by molar-refractivity contribution is 7.99. The number of aromatic amines is 1. The number of aromatic nitrogens is 2. The van der Waals surface area contributed by atoms with Gasteiger partial charge in [0.05, 0.1) is 6.07 Å². The second kappa shape index (κ2) is 7.04. The normalized spacial score (nSPS) is 12.0. The molecule has 1 atom stereocenters. The van der Waals surface area contributed by atoms with Crippen molar-refractivity contribution in [2.24, 2.45) is 0 Å². The molecule has 0 bridgehead atoms. The van der Waals surface area contributed by atoms with Crippen LogP contribution in [-0.4, -0.2) is 28.3 Å². The van der Waals surface area contributed by atoms with Gasteiger partial charge in [-0.1, -0.05) is 18.7 Å². The van der Waals surface area contributed by atoms with Crippen molar-refractivity contribution in [2.75, 3.05) is 12.3 Å². The SMILES string of the molecule is CCCNC(C#N)CSc1nccc(=O)[nH]1. The Morgan fingerprint density at radius 2 is 2.56 bits per heavy atom. The average molecular weight is 238 g/mol. The third-order valence-corrected chi connectivity index (χ3v) is 2.81. The first-order chi connectivity index (χ1) is 7.76. The highest BCUT2D eigenvalue weighted by Crippen LogP contribution is 2.11. The molecule has 5 nitrogen and oxygen atoms in total. The molecule has 0 aromatic carbocycles. The lowest BCUT2D eigenvalue weighted by Crippen LogP contribution is -2.30. The maximum atomic E-state index is 11.0. The number of hydrogen-bond acceptors (Lipinski definition) is 5. The van der Waals surface area contributed by atoms with E-state index in [1.54, 1.807) is 0 Å². The fourth-order valence-electron chi connectivity index (χ4n) is 1.05. The minimum atomic E-state index is -0.213. The number of H-pyrrole nitrogens is 1. The molecule has 1 aromatic heterocycles. The average Bonchev–Trinajstić information content (AvgIpc) is 2.29. The molecular formula is C10H14N4OS. The van der Waals surface area contributed by atoms with Crippen LogP contribution in [-0.2, 0) is 0 Å². The van der Waals surface area contributed by atoms with E-state index < -0.39 is 0 Å². The molecule has 0 aliphatic carbocycles. The summed E-state index contributed by atoms with van der Waals surface area (Å²) in [6.07, 6.45) is 2.45. The number of thioether (sulfide) groups is 1. The van der Waals surface area contributed by atoms with Crippen molar-refractivity contribution >= 4 is 11.8 Å². The van der Waals surface area contributed by atoms with E-state index in [1.807, 2.05) is 6.92 Å². The zero-order valence-electron chi connectivity index (χ0n) is 9.06. The Morgan fingerprint density at radius 3 is 3.19 bits per heavy atom. The highest BCUT2D eigenvalue weighted by atomic mass is 32.2. The summed E-state index contributed by atoms with van der Waals surface area (Å²) in [7, 11) is 0. The Hall–Kier alpha value is -1.32. The van der Waals surface area contributed by atoms with Crippen LogP contribution < -0.4 is 10.9 Å². The Bertz CT molecular complexity index is 412. The van der Waals surface area contributed by atoms with E-state index in [9.17, 15) is 4.79 Å². The van der Waals surface area contributed by atoms with Crippen molar-refractivity contribution in [2.45, 2.75) is 24.5 Å². The summed E-state index contributed by atoms with van der Waals surface area (Å²) in [5.74, 6) is 0.573. The van der Waals surface area contributed by atoms with Crippen LogP contribution in [0.25, 0.3) is 0 Å². The summed E-state index contributed by atoms with van der Waals surface area (Å²) in [6, 6.07) is 3.32. The number of nitriles is 1. The first kappa shape index (κ1) is 12.7. The molecule has 1 heterocycles. The zero-order valence-corrected chi connectivity index (χ0v) is 9.88. The van der Waals surface area contributed by atoms with Crippen molar-refractivity contribution in [3.8, 4) is 6.07 Å². The largest absolute Gasteiger partial charge is 0.301 e. The molecule has 0 saturated carbocycles. The van der Waals surface area contributed by atoms with Gasteiger partial charge in [-0.05, 0) is 13.0 Å². The predicted octanol–water partition coefficient (Wildman–Crippen LogP) is 0.754. The van der Waals surface area contributed by atoms with Crippen molar-refractivity contribution < 1.29 is 0 Å². The number of nitrogens with one attached hydrogen (secondary N) is 2. The maximum absolute atomic E-state index is 11.0. The van der Waals surface area contributed by atoms with Gasteiger partial charge in [0.15, 0.2) is 5.16 Å². The number of rotatable bonds is 6. The van der Waals surface area contributed by atoms with Gasteiger partial charge in [0.25, 0.3) is 5.56 Å². The van der Waals surface area contributed by atoms with Crippen LogP contribution in [0.2, 0.25) is 0 Å². The van der Waals surface area contributed by atoms with Crippen LogP contribution in [0.4, 0.5) is 0 Å². The predicted molar refractivity (Wildman–Crippen MR) is 63.3 cm³/mol. The molecular weight excluding hydrogens is 224 g/mol. The van der Waals surface area contributed by atoms with Crippen LogP contribution in [0.15, 0.2) is 22.2 Å². The second-order valence-corrected chi connectivity index (χ2v) is 4.19. The Labute approximate surface area is 98.3 Å². The summed E-state index contributed by atoms with van der Waals surface area (Å²) in [6.45, 7) is 2.86. The van der Waals surface area contributed by atoms with E-state index in [0.717, 1.165) is 13.0 Å². The summed E-state index contributed by atoms with van der Waals surface area (Å²) in [4.78, 5) is 17.6. The number of hydrogen-bond donors (Lipinski definition) is 2. The molecule has 1 aromatic rings. The second-order valence-electron chi connectivity index (χ2n) is 3.19. The van der Waals surface area contributed by atoms with Gasteiger partial charge in [0.2, 0.25) is 0 Å². The number of nitrogens with zero attached hydrogens (tertiary/aromatic N) is 2. The lowest BCUT2D eigenvalue weighted by atomic mass is 10.3. The lowest BCUT2D eigenvalue weighted by Gasteiger charge is -2.09. The molecule has 2 N–H and O–H groups in total. The topological polar surface area (TPSA) is 81.6 Å².